The van der Waals surface area contributed by atoms with Crippen LogP contribution in [-0.4, -0.2) is 15.5 Å². The van der Waals surface area contributed by atoms with Crippen LogP contribution >= 0.6 is 11.3 Å². The summed E-state index contributed by atoms with van der Waals surface area (Å²) in [6.07, 6.45) is 3.50. The predicted molar refractivity (Wildman–Crippen MR) is 72.5 cm³/mol. The Kier molecular flexibility index (Phi) is 3.66. The fourth-order valence-electron chi connectivity index (χ4n) is 1.70. The van der Waals surface area contributed by atoms with Crippen LogP contribution < -0.4 is 11.1 Å². The first kappa shape index (κ1) is 12.6. The Morgan fingerprint density at radius 3 is 3.00 bits per heavy atom. The molecule has 0 aliphatic rings. The van der Waals surface area contributed by atoms with E-state index in [0.717, 1.165) is 5.01 Å². The van der Waals surface area contributed by atoms with E-state index in [1.54, 1.807) is 18.5 Å². The molecule has 18 heavy (non-hydrogen) atoms. The van der Waals surface area contributed by atoms with Gasteiger partial charge in [0.1, 0.15) is 10.7 Å². The molecule has 2 rings (SSSR count). The number of hydrogen-bond acceptors (Lipinski definition) is 4. The van der Waals surface area contributed by atoms with Crippen molar-refractivity contribution in [3.05, 3.63) is 34.5 Å². The quantitative estimate of drug-likeness (QED) is 0.887. The highest BCUT2D eigenvalue weighted by atomic mass is 32.1. The number of amides is 1. The number of carbonyl (C=O) groups excluding carboxylic acids is 1. The third-order valence-electron chi connectivity index (χ3n) is 2.54. The Labute approximate surface area is 110 Å². The minimum absolute atomic E-state index is 0.129. The van der Waals surface area contributed by atoms with Crippen molar-refractivity contribution in [2.75, 3.05) is 5.73 Å². The third kappa shape index (κ3) is 2.70. The minimum atomic E-state index is -0.129. The monoisotopic (exact) mass is 264 g/mol. The van der Waals surface area contributed by atoms with E-state index in [9.17, 15) is 4.79 Å². The van der Waals surface area contributed by atoms with Gasteiger partial charge in [0.15, 0.2) is 0 Å². The molecule has 0 atom stereocenters. The van der Waals surface area contributed by atoms with Crippen molar-refractivity contribution in [2.24, 2.45) is 0 Å². The number of nitrogen functional groups attached to an aromatic ring is 1. The SMILES string of the molecule is CC(C)n1cc(N)cc1C(=O)NCc1nccs1. The smallest absolute Gasteiger partial charge is 0.268 e. The number of rotatable bonds is 4. The number of thiazole rings is 1. The summed E-state index contributed by atoms with van der Waals surface area (Å²) in [7, 11) is 0. The van der Waals surface area contributed by atoms with Gasteiger partial charge in [-0.05, 0) is 19.9 Å². The molecule has 0 aromatic carbocycles. The zero-order valence-electron chi connectivity index (χ0n) is 10.4. The molecule has 0 aliphatic heterocycles. The summed E-state index contributed by atoms with van der Waals surface area (Å²) in [5, 5.41) is 5.62. The van der Waals surface area contributed by atoms with E-state index in [-0.39, 0.29) is 11.9 Å². The van der Waals surface area contributed by atoms with E-state index in [0.29, 0.717) is 17.9 Å². The van der Waals surface area contributed by atoms with Gasteiger partial charge in [-0.3, -0.25) is 4.79 Å². The van der Waals surface area contributed by atoms with Gasteiger partial charge in [0, 0.05) is 23.8 Å². The van der Waals surface area contributed by atoms with Crippen molar-refractivity contribution < 1.29 is 4.79 Å². The first-order valence-electron chi connectivity index (χ1n) is 5.72. The van der Waals surface area contributed by atoms with Crippen molar-refractivity contribution in [1.82, 2.24) is 14.9 Å². The zero-order chi connectivity index (χ0) is 13.1. The summed E-state index contributed by atoms with van der Waals surface area (Å²) in [4.78, 5) is 16.2. The number of anilines is 1. The average molecular weight is 264 g/mol. The van der Waals surface area contributed by atoms with Crippen molar-refractivity contribution >= 4 is 22.9 Å². The minimum Gasteiger partial charge on any atom is -0.397 e. The predicted octanol–water partition coefficient (Wildman–Crippen LogP) is 2.04. The lowest BCUT2D eigenvalue weighted by molar-refractivity contribution is 0.0940. The summed E-state index contributed by atoms with van der Waals surface area (Å²) in [5.74, 6) is -0.129. The van der Waals surface area contributed by atoms with Crippen molar-refractivity contribution in [3.63, 3.8) is 0 Å². The molecule has 0 saturated carbocycles. The lowest BCUT2D eigenvalue weighted by Crippen LogP contribution is -2.25. The molecule has 2 aromatic heterocycles. The number of nitrogens with one attached hydrogen (secondary N) is 1. The van der Waals surface area contributed by atoms with Gasteiger partial charge in [0.25, 0.3) is 5.91 Å². The van der Waals surface area contributed by atoms with Crippen LogP contribution in [0.4, 0.5) is 5.69 Å². The second kappa shape index (κ2) is 5.22. The lowest BCUT2D eigenvalue weighted by Gasteiger charge is -2.12. The first-order valence-corrected chi connectivity index (χ1v) is 6.60. The fourth-order valence-corrected chi connectivity index (χ4v) is 2.25. The van der Waals surface area contributed by atoms with E-state index < -0.39 is 0 Å². The number of carbonyl (C=O) groups is 1. The maximum Gasteiger partial charge on any atom is 0.268 e. The van der Waals surface area contributed by atoms with Crippen LogP contribution in [0.2, 0.25) is 0 Å². The molecule has 0 aliphatic carbocycles. The normalized spacial score (nSPS) is 10.8. The molecule has 0 spiro atoms. The summed E-state index contributed by atoms with van der Waals surface area (Å²) in [6.45, 7) is 4.47. The van der Waals surface area contributed by atoms with Crippen molar-refractivity contribution in [3.8, 4) is 0 Å². The summed E-state index contributed by atoms with van der Waals surface area (Å²) in [5.41, 5.74) is 6.92. The van der Waals surface area contributed by atoms with E-state index in [1.807, 2.05) is 23.8 Å². The Morgan fingerprint density at radius 1 is 1.61 bits per heavy atom. The van der Waals surface area contributed by atoms with Gasteiger partial charge in [-0.15, -0.1) is 11.3 Å². The second-order valence-electron chi connectivity index (χ2n) is 4.27. The summed E-state index contributed by atoms with van der Waals surface area (Å²) < 4.78 is 1.87. The Hall–Kier alpha value is -1.82. The van der Waals surface area contributed by atoms with Gasteiger partial charge in [-0.25, -0.2) is 4.98 Å². The standard InChI is InChI=1S/C12H16N4OS/c1-8(2)16-7-9(13)5-10(16)12(17)15-6-11-14-3-4-18-11/h3-5,7-8H,6,13H2,1-2H3,(H,15,17). The van der Waals surface area contributed by atoms with Crippen LogP contribution in [0.1, 0.15) is 35.4 Å². The van der Waals surface area contributed by atoms with Gasteiger partial charge in [0.2, 0.25) is 0 Å². The van der Waals surface area contributed by atoms with E-state index in [1.165, 1.54) is 11.3 Å². The van der Waals surface area contributed by atoms with Gasteiger partial charge in [-0.2, -0.15) is 0 Å². The van der Waals surface area contributed by atoms with Gasteiger partial charge < -0.3 is 15.6 Å². The molecule has 1 amide bonds. The molecule has 6 heteroatoms. The molecule has 0 fully saturated rings. The van der Waals surface area contributed by atoms with Crippen LogP contribution in [0.3, 0.4) is 0 Å². The number of aromatic nitrogens is 2. The topological polar surface area (TPSA) is 72.9 Å². The first-order chi connectivity index (χ1) is 8.58. The van der Waals surface area contributed by atoms with Crippen LogP contribution in [0.15, 0.2) is 23.8 Å². The molecule has 2 aromatic rings. The largest absolute Gasteiger partial charge is 0.397 e. The molecular weight excluding hydrogens is 248 g/mol. The van der Waals surface area contributed by atoms with Crippen LogP contribution in [0, 0.1) is 0 Å². The van der Waals surface area contributed by atoms with E-state index in [4.69, 9.17) is 5.73 Å². The van der Waals surface area contributed by atoms with Crippen molar-refractivity contribution in [1.29, 1.82) is 0 Å². The molecule has 0 unspecified atom stereocenters. The fraction of sp³-hybridized carbons (Fsp3) is 0.333. The second-order valence-corrected chi connectivity index (χ2v) is 5.25. The van der Waals surface area contributed by atoms with Crippen molar-refractivity contribution in [2.45, 2.75) is 26.4 Å². The molecule has 96 valence electrons. The Balaban J connectivity index is 2.09. The highest BCUT2D eigenvalue weighted by Gasteiger charge is 2.14. The molecule has 0 saturated heterocycles. The third-order valence-corrected chi connectivity index (χ3v) is 3.32. The van der Waals surface area contributed by atoms with Gasteiger partial charge in [-0.1, -0.05) is 0 Å². The molecule has 3 N–H and O–H groups in total. The lowest BCUT2D eigenvalue weighted by atomic mass is 10.3. The zero-order valence-corrected chi connectivity index (χ0v) is 11.2. The highest BCUT2D eigenvalue weighted by molar-refractivity contribution is 7.09. The number of nitrogens with zero attached hydrogens (tertiary/aromatic N) is 2. The van der Waals surface area contributed by atoms with Crippen LogP contribution in [-0.2, 0) is 6.54 Å². The number of hydrogen-bond donors (Lipinski definition) is 2. The number of nitrogens with two attached hydrogens (primary N) is 1. The summed E-state index contributed by atoms with van der Waals surface area (Å²) in [6, 6.07) is 1.89. The Morgan fingerprint density at radius 2 is 2.39 bits per heavy atom. The Bertz CT molecular complexity index is 530. The van der Waals surface area contributed by atoms with E-state index in [2.05, 4.69) is 10.3 Å². The maximum absolute atomic E-state index is 12.1. The van der Waals surface area contributed by atoms with Crippen LogP contribution in [0.5, 0.6) is 0 Å². The molecule has 2 heterocycles. The molecule has 0 radical (unpaired) electrons. The highest BCUT2D eigenvalue weighted by Crippen LogP contribution is 2.16. The van der Waals surface area contributed by atoms with Gasteiger partial charge in [0.05, 0.1) is 12.2 Å². The van der Waals surface area contributed by atoms with E-state index >= 15 is 0 Å². The van der Waals surface area contributed by atoms with Crippen LogP contribution in [0.25, 0.3) is 0 Å². The molecular formula is C12H16N4OS. The average Bonchev–Trinajstić information content (AvgIpc) is 2.94. The molecule has 0 bridgehead atoms. The molecule has 5 nitrogen and oxygen atoms in total. The summed E-state index contributed by atoms with van der Waals surface area (Å²) >= 11 is 1.52. The van der Waals surface area contributed by atoms with Gasteiger partial charge >= 0.3 is 0 Å². The maximum atomic E-state index is 12.1.